The highest BCUT2D eigenvalue weighted by atomic mass is 16.6. The lowest BCUT2D eigenvalue weighted by Crippen LogP contribution is -2.04. The number of hydrogen-bond acceptors (Lipinski definition) is 5. The lowest BCUT2D eigenvalue weighted by atomic mass is 10.1. The van der Waals surface area contributed by atoms with E-state index < -0.39 is 4.92 Å². The molecule has 1 heterocycles. The fourth-order valence-corrected chi connectivity index (χ4v) is 1.48. The molecular formula is C10H8N4O3. The summed E-state index contributed by atoms with van der Waals surface area (Å²) in [5.41, 5.74) is 0.544. The summed E-state index contributed by atoms with van der Waals surface area (Å²) >= 11 is 0. The first-order valence-electron chi connectivity index (χ1n) is 4.74. The summed E-state index contributed by atoms with van der Waals surface area (Å²) in [4.78, 5) is 24.9. The van der Waals surface area contributed by atoms with Crippen LogP contribution in [0.3, 0.4) is 0 Å². The largest absolute Gasteiger partial charge is 0.298 e. The van der Waals surface area contributed by atoms with Gasteiger partial charge in [0.1, 0.15) is 12.2 Å². The van der Waals surface area contributed by atoms with Crippen molar-refractivity contribution in [1.82, 2.24) is 14.8 Å². The lowest BCUT2D eigenvalue weighted by molar-refractivity contribution is -0.384. The summed E-state index contributed by atoms with van der Waals surface area (Å²) in [5.74, 6) is 0.599. The van der Waals surface area contributed by atoms with E-state index in [0.717, 1.165) is 0 Å². The molecule has 0 aliphatic heterocycles. The smallest absolute Gasteiger partial charge is 0.270 e. The Morgan fingerprint density at radius 2 is 2.24 bits per heavy atom. The van der Waals surface area contributed by atoms with E-state index in [1.807, 2.05) is 0 Å². The maximum atomic E-state index is 10.9. The van der Waals surface area contributed by atoms with Gasteiger partial charge in [-0.1, -0.05) is 0 Å². The highest BCUT2D eigenvalue weighted by Crippen LogP contribution is 2.19. The average molecular weight is 232 g/mol. The van der Waals surface area contributed by atoms with Crippen LogP contribution in [0.25, 0.3) is 5.69 Å². The van der Waals surface area contributed by atoms with Crippen LogP contribution in [0, 0.1) is 17.0 Å². The van der Waals surface area contributed by atoms with E-state index in [2.05, 4.69) is 10.1 Å². The van der Waals surface area contributed by atoms with Gasteiger partial charge in [0.2, 0.25) is 0 Å². The zero-order valence-corrected chi connectivity index (χ0v) is 8.90. The molecule has 0 unspecified atom stereocenters. The molecule has 0 spiro atoms. The Morgan fingerprint density at radius 1 is 1.47 bits per heavy atom. The van der Waals surface area contributed by atoms with Gasteiger partial charge in [-0.3, -0.25) is 14.9 Å². The first-order valence-corrected chi connectivity index (χ1v) is 4.74. The van der Waals surface area contributed by atoms with Gasteiger partial charge in [-0.2, -0.15) is 5.10 Å². The number of aryl methyl sites for hydroxylation is 1. The van der Waals surface area contributed by atoms with Crippen molar-refractivity contribution in [3.63, 3.8) is 0 Å². The number of rotatable bonds is 3. The van der Waals surface area contributed by atoms with E-state index in [1.54, 1.807) is 6.92 Å². The van der Waals surface area contributed by atoms with Crippen LogP contribution in [0.1, 0.15) is 16.2 Å². The normalized spacial score (nSPS) is 10.2. The van der Waals surface area contributed by atoms with Crippen LogP contribution in [0.4, 0.5) is 5.69 Å². The van der Waals surface area contributed by atoms with Crippen LogP contribution in [0.2, 0.25) is 0 Å². The Balaban J connectivity index is 2.60. The zero-order chi connectivity index (χ0) is 12.4. The summed E-state index contributed by atoms with van der Waals surface area (Å²) in [6, 6.07) is 4.01. The number of hydrogen-bond donors (Lipinski definition) is 0. The average Bonchev–Trinajstić information content (AvgIpc) is 2.74. The van der Waals surface area contributed by atoms with Crippen molar-refractivity contribution in [3.8, 4) is 5.69 Å². The molecule has 0 aliphatic carbocycles. The van der Waals surface area contributed by atoms with Crippen molar-refractivity contribution in [2.45, 2.75) is 6.92 Å². The summed E-state index contributed by atoms with van der Waals surface area (Å²) in [5, 5.41) is 14.5. The molecule has 0 bridgehead atoms. The van der Waals surface area contributed by atoms with Gasteiger partial charge >= 0.3 is 0 Å². The predicted molar refractivity (Wildman–Crippen MR) is 58.1 cm³/mol. The molecule has 0 atom stereocenters. The second-order valence-electron chi connectivity index (χ2n) is 3.34. The molecule has 0 radical (unpaired) electrons. The third kappa shape index (κ3) is 1.89. The van der Waals surface area contributed by atoms with E-state index in [-0.39, 0.29) is 11.3 Å². The summed E-state index contributed by atoms with van der Waals surface area (Å²) in [6.45, 7) is 1.73. The number of nitrogens with zero attached hydrogens (tertiary/aromatic N) is 4. The van der Waals surface area contributed by atoms with Crippen molar-refractivity contribution in [2.24, 2.45) is 0 Å². The highest BCUT2D eigenvalue weighted by Gasteiger charge is 2.13. The molecule has 2 aromatic rings. The predicted octanol–water partition coefficient (Wildman–Crippen LogP) is 1.30. The summed E-state index contributed by atoms with van der Waals surface area (Å²) < 4.78 is 1.45. The first kappa shape index (κ1) is 10.9. The van der Waals surface area contributed by atoms with Gasteiger partial charge in [0.25, 0.3) is 5.69 Å². The second-order valence-corrected chi connectivity index (χ2v) is 3.34. The fraction of sp³-hybridized carbons (Fsp3) is 0.100. The highest BCUT2D eigenvalue weighted by molar-refractivity contribution is 5.82. The van der Waals surface area contributed by atoms with E-state index in [1.165, 1.54) is 29.2 Å². The first-order chi connectivity index (χ1) is 8.13. The maximum Gasteiger partial charge on any atom is 0.270 e. The monoisotopic (exact) mass is 232 g/mol. The number of non-ortho nitro benzene ring substituents is 1. The third-order valence-electron chi connectivity index (χ3n) is 2.30. The molecule has 7 heteroatoms. The van der Waals surface area contributed by atoms with Crippen molar-refractivity contribution >= 4 is 12.0 Å². The maximum absolute atomic E-state index is 10.9. The molecule has 0 N–H and O–H groups in total. The number of aromatic nitrogens is 3. The number of aldehydes is 1. The molecule has 0 saturated heterocycles. The number of carbonyl (C=O) groups is 1. The molecule has 0 saturated carbocycles. The molecule has 0 amide bonds. The van der Waals surface area contributed by atoms with Crippen LogP contribution >= 0.6 is 0 Å². The minimum absolute atomic E-state index is 0.131. The Kier molecular flexibility index (Phi) is 2.65. The van der Waals surface area contributed by atoms with Crippen molar-refractivity contribution < 1.29 is 9.72 Å². The molecule has 2 rings (SSSR count). The molecular weight excluding hydrogens is 224 g/mol. The molecule has 1 aromatic heterocycles. The van der Waals surface area contributed by atoms with E-state index in [9.17, 15) is 14.9 Å². The quantitative estimate of drug-likeness (QED) is 0.451. The number of nitro groups is 1. The van der Waals surface area contributed by atoms with E-state index in [0.29, 0.717) is 17.8 Å². The number of benzene rings is 1. The molecule has 0 fully saturated rings. The molecule has 1 aromatic carbocycles. The Hall–Kier alpha value is -2.57. The van der Waals surface area contributed by atoms with Crippen LogP contribution in [-0.4, -0.2) is 26.0 Å². The van der Waals surface area contributed by atoms with Crippen LogP contribution in [0.15, 0.2) is 24.5 Å². The number of carbonyl (C=O) groups excluding carboxylic acids is 1. The van der Waals surface area contributed by atoms with Gasteiger partial charge in [-0.05, 0) is 13.0 Å². The van der Waals surface area contributed by atoms with Crippen LogP contribution < -0.4 is 0 Å². The summed E-state index contributed by atoms with van der Waals surface area (Å²) in [7, 11) is 0. The summed E-state index contributed by atoms with van der Waals surface area (Å²) in [6.07, 6.45) is 1.91. The van der Waals surface area contributed by atoms with E-state index >= 15 is 0 Å². The Labute approximate surface area is 95.9 Å². The Bertz CT molecular complexity index is 591. The molecule has 0 aliphatic rings. The fourth-order valence-electron chi connectivity index (χ4n) is 1.48. The van der Waals surface area contributed by atoms with Crippen LogP contribution in [-0.2, 0) is 0 Å². The topological polar surface area (TPSA) is 90.9 Å². The third-order valence-corrected chi connectivity index (χ3v) is 2.30. The number of nitro benzene ring substituents is 1. The van der Waals surface area contributed by atoms with Crippen LogP contribution in [0.5, 0.6) is 0 Å². The Morgan fingerprint density at radius 3 is 2.76 bits per heavy atom. The van der Waals surface area contributed by atoms with Gasteiger partial charge < -0.3 is 0 Å². The SMILES string of the molecule is Cc1ncnn1-c1ccc([N+](=O)[O-])cc1C=O. The second kappa shape index (κ2) is 4.12. The standard InChI is InChI=1S/C10H8N4O3/c1-7-11-6-12-13(7)10-3-2-9(14(16)17)4-8(10)5-15/h2-6H,1H3. The molecule has 86 valence electrons. The van der Waals surface area contributed by atoms with E-state index in [4.69, 9.17) is 0 Å². The van der Waals surface area contributed by atoms with Crippen molar-refractivity contribution in [2.75, 3.05) is 0 Å². The molecule has 17 heavy (non-hydrogen) atoms. The minimum Gasteiger partial charge on any atom is -0.298 e. The van der Waals surface area contributed by atoms with Crippen molar-refractivity contribution in [3.05, 3.63) is 46.0 Å². The van der Waals surface area contributed by atoms with Gasteiger partial charge in [-0.15, -0.1) is 0 Å². The zero-order valence-electron chi connectivity index (χ0n) is 8.90. The van der Waals surface area contributed by atoms with Gasteiger partial charge in [0.15, 0.2) is 6.29 Å². The van der Waals surface area contributed by atoms with Gasteiger partial charge in [-0.25, -0.2) is 9.67 Å². The lowest BCUT2D eigenvalue weighted by Gasteiger charge is -2.05. The molecule has 7 nitrogen and oxygen atoms in total. The van der Waals surface area contributed by atoms with Gasteiger partial charge in [0, 0.05) is 17.7 Å². The minimum atomic E-state index is -0.551. The van der Waals surface area contributed by atoms with Crippen molar-refractivity contribution in [1.29, 1.82) is 0 Å². The van der Waals surface area contributed by atoms with Gasteiger partial charge in [0.05, 0.1) is 10.6 Å².